The maximum Gasteiger partial charge on any atom is 0.229 e. The number of amides is 2. The molecule has 1 saturated heterocycles. The van der Waals surface area contributed by atoms with E-state index in [1.54, 1.807) is 6.20 Å². The van der Waals surface area contributed by atoms with Crippen molar-refractivity contribution in [2.45, 2.75) is 64.3 Å². The minimum absolute atomic E-state index is 0.0104. The van der Waals surface area contributed by atoms with Gasteiger partial charge in [-0.1, -0.05) is 12.5 Å². The van der Waals surface area contributed by atoms with E-state index in [1.807, 2.05) is 24.0 Å². The van der Waals surface area contributed by atoms with Gasteiger partial charge in [0, 0.05) is 19.3 Å². The molecule has 0 bridgehead atoms. The molecule has 1 unspecified atom stereocenters. The van der Waals surface area contributed by atoms with Gasteiger partial charge in [-0.05, 0) is 63.5 Å². The van der Waals surface area contributed by atoms with E-state index in [0.717, 1.165) is 37.1 Å². The molecule has 1 N–H and O–H groups in total. The predicted molar refractivity (Wildman–Crippen MR) is 99.4 cm³/mol. The van der Waals surface area contributed by atoms with Crippen LogP contribution in [-0.4, -0.2) is 40.3 Å². The SMILES string of the molecule is Cc1cccnc1CC(=O)NC1(C)CCN(C(=O)C2(C3CCC3)CC2)C1. The molecule has 1 aromatic rings. The van der Waals surface area contributed by atoms with E-state index in [-0.39, 0.29) is 16.9 Å². The normalized spacial score (nSPS) is 27.1. The summed E-state index contributed by atoms with van der Waals surface area (Å²) in [5.41, 5.74) is 1.48. The summed E-state index contributed by atoms with van der Waals surface area (Å²) in [4.78, 5) is 31.9. The number of aryl methyl sites for hydroxylation is 1. The van der Waals surface area contributed by atoms with Crippen molar-refractivity contribution in [2.75, 3.05) is 13.1 Å². The molecule has 26 heavy (non-hydrogen) atoms. The quantitative estimate of drug-likeness (QED) is 0.883. The van der Waals surface area contributed by atoms with Crippen molar-refractivity contribution in [3.8, 4) is 0 Å². The molecular weight excluding hydrogens is 326 g/mol. The molecule has 5 nitrogen and oxygen atoms in total. The fourth-order valence-electron chi connectivity index (χ4n) is 4.68. The molecule has 1 atom stereocenters. The number of carbonyl (C=O) groups excluding carboxylic acids is 2. The van der Waals surface area contributed by atoms with E-state index in [1.165, 1.54) is 19.3 Å². The Labute approximate surface area is 155 Å². The Hall–Kier alpha value is -1.91. The van der Waals surface area contributed by atoms with Gasteiger partial charge in [0.25, 0.3) is 0 Å². The highest BCUT2D eigenvalue weighted by atomic mass is 16.2. The summed E-state index contributed by atoms with van der Waals surface area (Å²) in [6, 6.07) is 3.86. The second-order valence-corrected chi connectivity index (χ2v) is 8.81. The van der Waals surface area contributed by atoms with Gasteiger partial charge in [0.15, 0.2) is 0 Å². The Kier molecular flexibility index (Phi) is 4.28. The molecule has 1 aromatic heterocycles. The van der Waals surface area contributed by atoms with Crippen LogP contribution in [0.25, 0.3) is 0 Å². The first-order valence-corrected chi connectivity index (χ1v) is 9.93. The molecule has 0 radical (unpaired) electrons. The monoisotopic (exact) mass is 355 g/mol. The van der Waals surface area contributed by atoms with Crippen LogP contribution in [0.5, 0.6) is 0 Å². The highest BCUT2D eigenvalue weighted by Crippen LogP contribution is 2.59. The van der Waals surface area contributed by atoms with Crippen LogP contribution in [0.4, 0.5) is 0 Å². The molecule has 4 rings (SSSR count). The van der Waals surface area contributed by atoms with E-state index in [9.17, 15) is 9.59 Å². The van der Waals surface area contributed by atoms with Gasteiger partial charge >= 0.3 is 0 Å². The number of hydrogen-bond donors (Lipinski definition) is 1. The Morgan fingerprint density at radius 3 is 2.69 bits per heavy atom. The van der Waals surface area contributed by atoms with Gasteiger partial charge in [0.1, 0.15) is 0 Å². The summed E-state index contributed by atoms with van der Waals surface area (Å²) >= 11 is 0. The first-order valence-electron chi connectivity index (χ1n) is 9.93. The Balaban J connectivity index is 1.35. The summed E-state index contributed by atoms with van der Waals surface area (Å²) in [5, 5.41) is 3.17. The topological polar surface area (TPSA) is 62.3 Å². The van der Waals surface area contributed by atoms with E-state index in [4.69, 9.17) is 0 Å². The van der Waals surface area contributed by atoms with Crippen molar-refractivity contribution in [3.05, 3.63) is 29.6 Å². The van der Waals surface area contributed by atoms with Crippen molar-refractivity contribution in [3.63, 3.8) is 0 Å². The van der Waals surface area contributed by atoms with Gasteiger partial charge in [-0.25, -0.2) is 0 Å². The van der Waals surface area contributed by atoms with Gasteiger partial charge in [0.2, 0.25) is 11.8 Å². The molecule has 140 valence electrons. The zero-order valence-corrected chi connectivity index (χ0v) is 15.9. The van der Waals surface area contributed by atoms with Crippen molar-refractivity contribution < 1.29 is 9.59 Å². The van der Waals surface area contributed by atoms with E-state index in [2.05, 4.69) is 17.2 Å². The summed E-state index contributed by atoms with van der Waals surface area (Å²) < 4.78 is 0. The van der Waals surface area contributed by atoms with Crippen molar-refractivity contribution in [1.82, 2.24) is 15.2 Å². The Morgan fingerprint density at radius 2 is 2.08 bits per heavy atom. The Morgan fingerprint density at radius 1 is 1.31 bits per heavy atom. The molecule has 2 saturated carbocycles. The third-order valence-corrected chi connectivity index (χ3v) is 6.75. The van der Waals surface area contributed by atoms with Crippen molar-refractivity contribution in [1.29, 1.82) is 0 Å². The lowest BCUT2D eigenvalue weighted by atomic mass is 9.73. The van der Waals surface area contributed by atoms with Crippen LogP contribution >= 0.6 is 0 Å². The van der Waals surface area contributed by atoms with Crippen LogP contribution in [0, 0.1) is 18.3 Å². The number of pyridine rings is 1. The molecule has 0 aromatic carbocycles. The van der Waals surface area contributed by atoms with Crippen molar-refractivity contribution in [2.24, 2.45) is 11.3 Å². The molecule has 2 heterocycles. The minimum atomic E-state index is -0.328. The van der Waals surface area contributed by atoms with Crippen LogP contribution in [0.1, 0.15) is 56.7 Å². The first kappa shape index (κ1) is 17.5. The number of nitrogens with one attached hydrogen (secondary N) is 1. The highest BCUT2D eigenvalue weighted by molar-refractivity contribution is 5.86. The van der Waals surface area contributed by atoms with Gasteiger partial charge in [-0.15, -0.1) is 0 Å². The van der Waals surface area contributed by atoms with Gasteiger partial charge < -0.3 is 10.2 Å². The largest absolute Gasteiger partial charge is 0.349 e. The number of hydrogen-bond acceptors (Lipinski definition) is 3. The highest BCUT2D eigenvalue weighted by Gasteiger charge is 2.59. The number of aromatic nitrogens is 1. The standard InChI is InChI=1S/C21H29N3O2/c1-15-5-4-11-22-17(15)13-18(25)23-20(2)10-12-24(14-20)19(26)21(8-9-21)16-6-3-7-16/h4-5,11,16H,3,6-10,12-14H2,1-2H3,(H,23,25). The fraction of sp³-hybridized carbons (Fsp3) is 0.667. The summed E-state index contributed by atoms with van der Waals surface area (Å²) in [5.74, 6) is 0.952. The average molecular weight is 355 g/mol. The third-order valence-electron chi connectivity index (χ3n) is 6.75. The summed E-state index contributed by atoms with van der Waals surface area (Å²) in [7, 11) is 0. The van der Waals surface area contributed by atoms with Crippen LogP contribution in [0.3, 0.4) is 0 Å². The minimum Gasteiger partial charge on any atom is -0.349 e. The average Bonchev–Trinajstić information content (AvgIpc) is 3.23. The number of nitrogens with zero attached hydrogens (tertiary/aromatic N) is 2. The molecule has 3 aliphatic rings. The van der Waals surface area contributed by atoms with Gasteiger partial charge in [-0.3, -0.25) is 14.6 Å². The lowest BCUT2D eigenvalue weighted by Gasteiger charge is -2.36. The third kappa shape index (κ3) is 3.12. The van der Waals surface area contributed by atoms with E-state index < -0.39 is 0 Å². The maximum absolute atomic E-state index is 13.1. The van der Waals surface area contributed by atoms with Crippen LogP contribution in [0.2, 0.25) is 0 Å². The lowest BCUT2D eigenvalue weighted by molar-refractivity contribution is -0.140. The van der Waals surface area contributed by atoms with Crippen LogP contribution in [0.15, 0.2) is 18.3 Å². The van der Waals surface area contributed by atoms with Crippen LogP contribution in [-0.2, 0) is 16.0 Å². The van der Waals surface area contributed by atoms with E-state index in [0.29, 0.717) is 24.8 Å². The van der Waals surface area contributed by atoms with Gasteiger partial charge in [-0.2, -0.15) is 0 Å². The summed E-state index contributed by atoms with van der Waals surface area (Å²) in [6.07, 6.45) is 8.69. The van der Waals surface area contributed by atoms with Crippen molar-refractivity contribution >= 4 is 11.8 Å². The molecular formula is C21H29N3O2. The molecule has 0 spiro atoms. The van der Waals surface area contributed by atoms with Crippen LogP contribution < -0.4 is 5.32 Å². The lowest BCUT2D eigenvalue weighted by Crippen LogP contribution is -2.50. The zero-order valence-electron chi connectivity index (χ0n) is 15.9. The second-order valence-electron chi connectivity index (χ2n) is 8.81. The smallest absolute Gasteiger partial charge is 0.229 e. The zero-order chi connectivity index (χ0) is 18.4. The molecule has 5 heteroatoms. The second kappa shape index (κ2) is 6.36. The number of likely N-dealkylation sites (tertiary alicyclic amines) is 1. The number of carbonyl (C=O) groups is 2. The molecule has 2 aliphatic carbocycles. The van der Waals surface area contributed by atoms with Gasteiger partial charge in [0.05, 0.1) is 23.1 Å². The molecule has 2 amide bonds. The molecule has 1 aliphatic heterocycles. The maximum atomic E-state index is 13.1. The number of rotatable bonds is 5. The predicted octanol–water partition coefficient (Wildman–Crippen LogP) is 2.62. The molecule has 3 fully saturated rings. The first-order chi connectivity index (χ1) is 12.4. The fourth-order valence-corrected chi connectivity index (χ4v) is 4.68. The Bertz CT molecular complexity index is 724. The summed E-state index contributed by atoms with van der Waals surface area (Å²) in [6.45, 7) is 5.43. The van der Waals surface area contributed by atoms with E-state index >= 15 is 0 Å².